The molecule has 10 heteroatoms. The van der Waals surface area contributed by atoms with Crippen LogP contribution in [-0.4, -0.2) is 25.1 Å². The lowest BCUT2D eigenvalue weighted by Crippen LogP contribution is -2.19. The number of amides is 1. The fraction of sp³-hybridized carbons (Fsp3) is 0.111. The molecular weight excluding hydrogens is 430 g/mol. The van der Waals surface area contributed by atoms with Crippen LogP contribution >= 0.6 is 22.9 Å². The number of hydrogen-bond donors (Lipinski definition) is 1. The van der Waals surface area contributed by atoms with E-state index in [1.54, 1.807) is 23.6 Å². The fourth-order valence-corrected chi connectivity index (χ4v) is 4.45. The first-order chi connectivity index (χ1) is 13.3. The number of para-hydroxylation sites is 1. The van der Waals surface area contributed by atoms with Gasteiger partial charge in [0.1, 0.15) is 5.01 Å². The van der Waals surface area contributed by atoms with Crippen LogP contribution in [-0.2, 0) is 21.1 Å². The number of carbonyl (C=O) groups excluding carboxylic acids is 1. The largest absolute Gasteiger partial charge is 0.341 e. The molecule has 0 aliphatic rings. The van der Waals surface area contributed by atoms with Gasteiger partial charge in [-0.15, -0.1) is 11.3 Å². The summed E-state index contributed by atoms with van der Waals surface area (Å²) >= 11 is 7.44. The van der Waals surface area contributed by atoms with Crippen LogP contribution in [0.3, 0.4) is 0 Å². The minimum absolute atomic E-state index is 0.149. The monoisotopic (exact) mass is 442 g/mol. The van der Waals surface area contributed by atoms with Gasteiger partial charge in [-0.05, 0) is 18.2 Å². The Morgan fingerprint density at radius 3 is 2.54 bits per heavy atom. The van der Waals surface area contributed by atoms with Crippen LogP contribution in [0, 0.1) is 0 Å². The lowest BCUT2D eigenvalue weighted by atomic mass is 10.2. The smallest absolute Gasteiger partial charge is 0.325 e. The number of carbonyl (C=O) groups is 1. The first kappa shape index (κ1) is 20.4. The maximum Gasteiger partial charge on any atom is 0.341 e. The highest BCUT2D eigenvalue weighted by molar-refractivity contribution is 7.91. The van der Waals surface area contributed by atoms with Gasteiger partial charge in [0, 0.05) is 10.9 Å². The summed E-state index contributed by atoms with van der Waals surface area (Å²) in [6, 6.07) is 12.2. The van der Waals surface area contributed by atoms with Crippen LogP contribution in [0.5, 0.6) is 0 Å². The lowest BCUT2D eigenvalue weighted by molar-refractivity contribution is -0.115. The Kier molecular flexibility index (Phi) is 6.07. The van der Waals surface area contributed by atoms with Crippen molar-refractivity contribution in [3.05, 3.63) is 64.6 Å². The van der Waals surface area contributed by atoms with Crippen molar-refractivity contribution in [3.8, 4) is 10.6 Å². The average molecular weight is 443 g/mol. The average Bonchev–Trinajstić information content (AvgIpc) is 3.10. The van der Waals surface area contributed by atoms with Crippen LogP contribution in [0.4, 0.5) is 14.5 Å². The molecule has 5 nitrogen and oxygen atoms in total. The summed E-state index contributed by atoms with van der Waals surface area (Å²) in [4.78, 5) is 16.0. The maximum atomic E-state index is 12.8. The lowest BCUT2D eigenvalue weighted by Gasteiger charge is -2.10. The minimum atomic E-state index is -4.84. The molecule has 0 saturated heterocycles. The van der Waals surface area contributed by atoms with E-state index in [9.17, 15) is 22.0 Å². The van der Waals surface area contributed by atoms with Crippen LogP contribution in [0.15, 0.2) is 58.8 Å². The molecule has 0 bridgehead atoms. The zero-order chi connectivity index (χ0) is 20.3. The summed E-state index contributed by atoms with van der Waals surface area (Å²) in [5.41, 5.74) is 0.982. The van der Waals surface area contributed by atoms with E-state index < -0.39 is 26.4 Å². The molecule has 0 atom stereocenters. The summed E-state index contributed by atoms with van der Waals surface area (Å²) in [5.74, 6) is -4.16. The summed E-state index contributed by atoms with van der Waals surface area (Å²) in [6.45, 7) is 0. The van der Waals surface area contributed by atoms with Crippen molar-refractivity contribution in [2.24, 2.45) is 0 Å². The first-order valence-corrected chi connectivity index (χ1v) is 10.7. The van der Waals surface area contributed by atoms with Gasteiger partial charge in [0.15, 0.2) is 0 Å². The predicted molar refractivity (Wildman–Crippen MR) is 105 cm³/mol. The van der Waals surface area contributed by atoms with Crippen molar-refractivity contribution in [1.29, 1.82) is 0 Å². The molecule has 2 aromatic carbocycles. The Morgan fingerprint density at radius 2 is 1.82 bits per heavy atom. The van der Waals surface area contributed by atoms with Crippen molar-refractivity contribution in [2.45, 2.75) is 17.1 Å². The number of nitrogens with zero attached hydrogens (tertiary/aromatic N) is 1. The van der Waals surface area contributed by atoms with Crippen LogP contribution in [0.2, 0.25) is 5.02 Å². The zero-order valence-electron chi connectivity index (χ0n) is 14.1. The normalized spacial score (nSPS) is 11.6. The van der Waals surface area contributed by atoms with Crippen molar-refractivity contribution in [1.82, 2.24) is 4.98 Å². The van der Waals surface area contributed by atoms with Crippen molar-refractivity contribution < 1.29 is 22.0 Å². The minimum Gasteiger partial charge on any atom is -0.325 e. The van der Waals surface area contributed by atoms with Gasteiger partial charge in [-0.1, -0.05) is 41.9 Å². The Balaban J connectivity index is 1.77. The maximum absolute atomic E-state index is 12.8. The summed E-state index contributed by atoms with van der Waals surface area (Å²) < 4.78 is 49.2. The van der Waals surface area contributed by atoms with Gasteiger partial charge in [0.05, 0.1) is 27.7 Å². The second-order valence-corrected chi connectivity index (χ2v) is 8.80. The van der Waals surface area contributed by atoms with Gasteiger partial charge < -0.3 is 5.32 Å². The third-order valence-electron chi connectivity index (χ3n) is 3.70. The summed E-state index contributed by atoms with van der Waals surface area (Å²) in [5, 5.41) is 5.21. The number of anilines is 1. The SMILES string of the molecule is O=C(Cc1csc(-c2ccccc2Cl)n1)Nc1ccccc1S(=O)(=O)C(F)F. The van der Waals surface area contributed by atoms with E-state index in [1.807, 2.05) is 6.07 Å². The number of thiazole rings is 1. The standard InChI is InChI=1S/C18H13ClF2N2O3S2/c19-13-6-2-1-5-12(13)17-22-11(10-27-17)9-16(24)23-14-7-3-4-8-15(14)28(25,26)18(20)21/h1-8,10,18H,9H2,(H,23,24). The van der Waals surface area contributed by atoms with Crippen LogP contribution < -0.4 is 5.32 Å². The topological polar surface area (TPSA) is 76.1 Å². The zero-order valence-corrected chi connectivity index (χ0v) is 16.5. The van der Waals surface area contributed by atoms with Crippen molar-refractivity contribution in [2.75, 3.05) is 5.32 Å². The molecular formula is C18H13ClF2N2O3S2. The summed E-state index contributed by atoms with van der Waals surface area (Å²) in [7, 11) is -4.84. The number of rotatable bonds is 6. The quantitative estimate of drug-likeness (QED) is 0.603. The van der Waals surface area contributed by atoms with E-state index >= 15 is 0 Å². The molecule has 0 fully saturated rings. The molecule has 1 amide bonds. The number of sulfone groups is 1. The Morgan fingerprint density at radius 1 is 1.14 bits per heavy atom. The number of benzene rings is 2. The number of hydrogen-bond acceptors (Lipinski definition) is 5. The van der Waals surface area contributed by atoms with E-state index in [4.69, 9.17) is 11.6 Å². The van der Waals surface area contributed by atoms with E-state index in [-0.39, 0.29) is 12.1 Å². The third-order valence-corrected chi connectivity index (χ3v) is 6.39. The molecule has 1 aromatic heterocycles. The van der Waals surface area contributed by atoms with Gasteiger partial charge in [-0.25, -0.2) is 13.4 Å². The molecule has 1 N–H and O–H groups in total. The van der Waals surface area contributed by atoms with Crippen molar-refractivity contribution in [3.63, 3.8) is 0 Å². The molecule has 1 heterocycles. The van der Waals surface area contributed by atoms with Gasteiger partial charge in [-0.3, -0.25) is 4.79 Å². The number of nitrogens with one attached hydrogen (secondary N) is 1. The number of aromatic nitrogens is 1. The third kappa shape index (κ3) is 4.37. The Bertz CT molecular complexity index is 1120. The second-order valence-electron chi connectivity index (χ2n) is 5.65. The Labute approximate surface area is 168 Å². The number of alkyl halides is 2. The predicted octanol–water partition coefficient (Wildman–Crippen LogP) is 4.64. The van der Waals surface area contributed by atoms with Gasteiger partial charge in [0.25, 0.3) is 0 Å². The van der Waals surface area contributed by atoms with Crippen molar-refractivity contribution >= 4 is 44.4 Å². The summed E-state index contributed by atoms with van der Waals surface area (Å²) in [6.07, 6.45) is -0.149. The molecule has 0 saturated carbocycles. The fourth-order valence-electron chi connectivity index (χ4n) is 2.42. The van der Waals surface area contributed by atoms with E-state index in [0.717, 1.165) is 11.6 Å². The molecule has 0 radical (unpaired) electrons. The van der Waals surface area contributed by atoms with Gasteiger partial charge in [-0.2, -0.15) is 8.78 Å². The molecule has 0 aliphatic carbocycles. The Hall–Kier alpha value is -2.36. The van der Waals surface area contributed by atoms with Gasteiger partial charge in [0.2, 0.25) is 15.7 Å². The highest BCUT2D eigenvalue weighted by atomic mass is 35.5. The number of halogens is 3. The highest BCUT2D eigenvalue weighted by Gasteiger charge is 2.29. The van der Waals surface area contributed by atoms with Gasteiger partial charge >= 0.3 is 5.76 Å². The molecule has 3 rings (SSSR count). The molecule has 0 unspecified atom stereocenters. The molecule has 3 aromatic rings. The van der Waals surface area contributed by atoms with E-state index in [0.29, 0.717) is 15.7 Å². The first-order valence-electron chi connectivity index (χ1n) is 7.89. The second kappa shape index (κ2) is 8.34. The van der Waals surface area contributed by atoms with Crippen LogP contribution in [0.25, 0.3) is 10.6 Å². The van der Waals surface area contributed by atoms with Crippen LogP contribution in [0.1, 0.15) is 5.69 Å². The van der Waals surface area contributed by atoms with E-state index in [2.05, 4.69) is 10.3 Å². The molecule has 28 heavy (non-hydrogen) atoms. The van der Waals surface area contributed by atoms with E-state index in [1.165, 1.54) is 29.5 Å². The molecule has 0 aliphatic heterocycles. The molecule has 146 valence electrons. The highest BCUT2D eigenvalue weighted by Crippen LogP contribution is 2.30. The molecule has 0 spiro atoms.